The van der Waals surface area contributed by atoms with Gasteiger partial charge in [0, 0.05) is 26.2 Å². The molecule has 12 heteroatoms. The van der Waals surface area contributed by atoms with Crippen LogP contribution in [0.3, 0.4) is 0 Å². The van der Waals surface area contributed by atoms with E-state index in [1.54, 1.807) is 7.11 Å². The number of benzene rings is 2. The van der Waals surface area contributed by atoms with Gasteiger partial charge in [0.25, 0.3) is 0 Å². The van der Waals surface area contributed by atoms with Crippen molar-refractivity contribution in [2.45, 2.75) is 50.5 Å². The molecule has 0 radical (unpaired) electrons. The fourth-order valence-electron chi connectivity index (χ4n) is 4.35. The number of hydrogen-bond donors (Lipinski definition) is 4. The number of hydrogen-bond acceptors (Lipinski definition) is 9. The zero-order valence-corrected chi connectivity index (χ0v) is 21.6. The largest absolute Gasteiger partial charge is 0.493 e. The first-order valence-corrected chi connectivity index (χ1v) is 12.3. The van der Waals surface area contributed by atoms with E-state index in [-0.39, 0.29) is 6.79 Å². The van der Waals surface area contributed by atoms with Gasteiger partial charge in [-0.15, -0.1) is 0 Å². The Hall–Kier alpha value is -3.87. The molecule has 2 aliphatic rings. The van der Waals surface area contributed by atoms with Crippen LogP contribution < -0.4 is 14.2 Å². The summed E-state index contributed by atoms with van der Waals surface area (Å²) in [7, 11) is 1.66. The lowest BCUT2D eigenvalue weighted by atomic mass is 9.96. The molecule has 2 heterocycles. The molecule has 1 fully saturated rings. The van der Waals surface area contributed by atoms with Crippen LogP contribution in [-0.4, -0.2) is 82.0 Å². The summed E-state index contributed by atoms with van der Waals surface area (Å²) in [6.45, 7) is 3.74. The number of methoxy groups -OCH3 is 1. The molecule has 1 atom stereocenters. The van der Waals surface area contributed by atoms with Gasteiger partial charge in [-0.3, -0.25) is 14.5 Å². The molecule has 4 rings (SSSR count). The Morgan fingerprint density at radius 1 is 1.00 bits per heavy atom. The maximum Gasteiger partial charge on any atom is 0.336 e. The fourth-order valence-corrected chi connectivity index (χ4v) is 4.35. The molecule has 0 amide bonds. The number of fused-ring (bicyclic) bond motifs is 1. The standard InChI is InChI=1S/C21H25NO4.C6H8O7/c1-23-19-10-17(11-20-21(19)26-15-25-20)13-22(14-18-8-5-9-24-18)12-16-6-3-2-4-7-16;7-3(8)1-6(13,5(11)12)2-4(9)10/h2-4,6-7,10-11,18H,5,8-9,12-15H2,1H3;13H,1-2H2,(H,7,8)(H,9,10)(H,11,12). The van der Waals surface area contributed by atoms with Crippen molar-refractivity contribution in [3.63, 3.8) is 0 Å². The predicted octanol–water partition coefficient (Wildman–Crippen LogP) is 2.36. The highest BCUT2D eigenvalue weighted by Gasteiger charge is 2.40. The van der Waals surface area contributed by atoms with Crippen LogP contribution in [-0.2, 0) is 32.2 Å². The van der Waals surface area contributed by atoms with Gasteiger partial charge >= 0.3 is 17.9 Å². The lowest BCUT2D eigenvalue weighted by Crippen LogP contribution is -2.42. The van der Waals surface area contributed by atoms with Crippen molar-refractivity contribution in [1.82, 2.24) is 4.90 Å². The van der Waals surface area contributed by atoms with Crippen molar-refractivity contribution in [1.29, 1.82) is 0 Å². The van der Waals surface area contributed by atoms with Crippen molar-refractivity contribution in [3.8, 4) is 17.2 Å². The third-order valence-electron chi connectivity index (χ3n) is 6.14. The molecule has 0 aliphatic carbocycles. The van der Waals surface area contributed by atoms with Crippen LogP contribution in [0.2, 0.25) is 0 Å². The predicted molar refractivity (Wildman–Crippen MR) is 136 cm³/mol. The van der Waals surface area contributed by atoms with Crippen LogP contribution in [0.15, 0.2) is 42.5 Å². The molecule has 1 saturated heterocycles. The van der Waals surface area contributed by atoms with Crippen LogP contribution >= 0.6 is 0 Å². The van der Waals surface area contributed by atoms with E-state index in [4.69, 9.17) is 39.4 Å². The van der Waals surface area contributed by atoms with Gasteiger partial charge in [0.05, 0.1) is 26.1 Å². The van der Waals surface area contributed by atoms with Gasteiger partial charge in [-0.1, -0.05) is 30.3 Å². The van der Waals surface area contributed by atoms with Crippen LogP contribution in [0, 0.1) is 0 Å². The number of rotatable bonds is 12. The second kappa shape index (κ2) is 13.8. The van der Waals surface area contributed by atoms with Crippen molar-refractivity contribution >= 4 is 17.9 Å². The smallest absolute Gasteiger partial charge is 0.336 e. The van der Waals surface area contributed by atoms with Crippen LogP contribution in [0.5, 0.6) is 17.2 Å². The van der Waals surface area contributed by atoms with Crippen molar-refractivity contribution < 1.29 is 53.8 Å². The number of carbonyl (C=O) groups is 3. The number of nitrogens with zero attached hydrogens (tertiary/aromatic N) is 1. The second-order valence-corrected chi connectivity index (χ2v) is 9.30. The summed E-state index contributed by atoms with van der Waals surface area (Å²) in [5.74, 6) is -2.83. The van der Waals surface area contributed by atoms with E-state index in [0.717, 1.165) is 56.1 Å². The Labute approximate surface area is 225 Å². The van der Waals surface area contributed by atoms with E-state index in [1.807, 2.05) is 6.07 Å². The molecule has 0 saturated carbocycles. The second-order valence-electron chi connectivity index (χ2n) is 9.30. The quantitative estimate of drug-likeness (QED) is 0.306. The topological polar surface area (TPSA) is 172 Å². The third-order valence-corrected chi connectivity index (χ3v) is 6.14. The van der Waals surface area contributed by atoms with E-state index in [0.29, 0.717) is 11.9 Å². The maximum atomic E-state index is 10.3. The minimum Gasteiger partial charge on any atom is -0.493 e. The summed E-state index contributed by atoms with van der Waals surface area (Å²) in [5.41, 5.74) is -0.282. The normalized spacial score (nSPS) is 15.9. The molecule has 0 spiro atoms. The fraction of sp³-hybridized carbons (Fsp3) is 0.444. The highest BCUT2D eigenvalue weighted by atomic mass is 16.7. The molecule has 4 N–H and O–H groups in total. The van der Waals surface area contributed by atoms with Gasteiger partial charge in [-0.05, 0) is 36.1 Å². The zero-order chi connectivity index (χ0) is 28.4. The Morgan fingerprint density at radius 2 is 1.67 bits per heavy atom. The molecular formula is C27H33NO11. The summed E-state index contributed by atoms with van der Waals surface area (Å²) in [5, 5.41) is 33.8. The Balaban J connectivity index is 0.000000276. The van der Waals surface area contributed by atoms with Crippen molar-refractivity contribution in [2.24, 2.45) is 0 Å². The highest BCUT2D eigenvalue weighted by Crippen LogP contribution is 2.42. The number of aliphatic hydroxyl groups is 1. The summed E-state index contributed by atoms with van der Waals surface area (Å²) >= 11 is 0. The molecule has 2 aliphatic heterocycles. The SMILES string of the molecule is COc1cc(CN(Cc2ccccc2)CC2CCCO2)cc2c1OCO2.O=C(O)CC(O)(CC(=O)O)C(=O)O. The van der Waals surface area contributed by atoms with Gasteiger partial charge < -0.3 is 39.4 Å². The number of ether oxygens (including phenoxy) is 4. The van der Waals surface area contributed by atoms with E-state index in [1.165, 1.54) is 5.56 Å². The average molecular weight is 548 g/mol. The molecule has 12 nitrogen and oxygen atoms in total. The van der Waals surface area contributed by atoms with Crippen LogP contribution in [0.25, 0.3) is 0 Å². The minimum atomic E-state index is -2.74. The monoisotopic (exact) mass is 547 g/mol. The van der Waals surface area contributed by atoms with E-state index in [2.05, 4.69) is 41.3 Å². The molecule has 2 aromatic rings. The summed E-state index contributed by atoms with van der Waals surface area (Å²) in [6.07, 6.45) is 0.315. The molecular weight excluding hydrogens is 514 g/mol. The Morgan fingerprint density at radius 3 is 2.23 bits per heavy atom. The Bertz CT molecular complexity index is 1120. The van der Waals surface area contributed by atoms with E-state index in [9.17, 15) is 14.4 Å². The Kier molecular flexibility index (Phi) is 10.5. The average Bonchev–Trinajstić information content (AvgIpc) is 3.55. The third kappa shape index (κ3) is 8.84. The zero-order valence-electron chi connectivity index (χ0n) is 21.6. The van der Waals surface area contributed by atoms with Crippen molar-refractivity contribution in [3.05, 3.63) is 53.6 Å². The lowest BCUT2D eigenvalue weighted by molar-refractivity contribution is -0.170. The van der Waals surface area contributed by atoms with Crippen molar-refractivity contribution in [2.75, 3.05) is 27.1 Å². The highest BCUT2D eigenvalue weighted by molar-refractivity contribution is 5.88. The first-order valence-electron chi connectivity index (χ1n) is 12.3. The molecule has 0 aromatic heterocycles. The first-order chi connectivity index (χ1) is 18.6. The molecule has 1 unspecified atom stereocenters. The summed E-state index contributed by atoms with van der Waals surface area (Å²) in [4.78, 5) is 32.9. The van der Waals surface area contributed by atoms with E-state index >= 15 is 0 Å². The van der Waals surface area contributed by atoms with E-state index < -0.39 is 36.4 Å². The number of aliphatic carboxylic acids is 3. The van der Waals surface area contributed by atoms with Gasteiger partial charge in [0.2, 0.25) is 12.5 Å². The number of carboxylic acid groups (broad SMARTS) is 3. The first kappa shape index (κ1) is 29.7. The van der Waals surface area contributed by atoms with Gasteiger partial charge in [0.15, 0.2) is 17.1 Å². The summed E-state index contributed by atoms with van der Waals surface area (Å²) < 4.78 is 22.4. The molecule has 0 bridgehead atoms. The summed E-state index contributed by atoms with van der Waals surface area (Å²) in [6, 6.07) is 14.7. The molecule has 2 aromatic carbocycles. The van der Waals surface area contributed by atoms with Crippen LogP contribution in [0.4, 0.5) is 0 Å². The maximum absolute atomic E-state index is 10.3. The van der Waals surface area contributed by atoms with Gasteiger partial charge in [0.1, 0.15) is 0 Å². The van der Waals surface area contributed by atoms with Crippen LogP contribution in [0.1, 0.15) is 36.8 Å². The van der Waals surface area contributed by atoms with Gasteiger partial charge in [-0.25, -0.2) is 4.79 Å². The lowest BCUT2D eigenvalue weighted by Gasteiger charge is -2.25. The molecule has 39 heavy (non-hydrogen) atoms. The number of carboxylic acids is 3. The minimum absolute atomic E-state index is 0.249. The molecule has 212 valence electrons. The van der Waals surface area contributed by atoms with Gasteiger partial charge in [-0.2, -0.15) is 0 Å².